The molecule has 1 N–H and O–H groups in total. The van der Waals surface area contributed by atoms with Crippen molar-refractivity contribution in [3.63, 3.8) is 0 Å². The average molecular weight is 286 g/mol. The highest BCUT2D eigenvalue weighted by Crippen LogP contribution is 2.19. The van der Waals surface area contributed by atoms with Gasteiger partial charge in [0.15, 0.2) is 0 Å². The molecule has 0 spiro atoms. The standard InChI is InChI=1S/C14H20ClNO3/c1-10(19-3)14(17)16-13(8-9-18-2)11-4-6-12(15)7-5-11/h4-7,10,13H,8-9H2,1-3H3,(H,16,17)/t10-,13+/m1/s1. The van der Waals surface area contributed by atoms with Crippen LogP contribution in [0.2, 0.25) is 5.02 Å². The minimum atomic E-state index is -0.475. The van der Waals surface area contributed by atoms with Gasteiger partial charge in [0.25, 0.3) is 0 Å². The van der Waals surface area contributed by atoms with Crippen LogP contribution in [0, 0.1) is 0 Å². The van der Waals surface area contributed by atoms with E-state index in [0.29, 0.717) is 18.1 Å². The van der Waals surface area contributed by atoms with Crippen molar-refractivity contribution >= 4 is 17.5 Å². The van der Waals surface area contributed by atoms with Crippen LogP contribution in [0.15, 0.2) is 24.3 Å². The Bertz CT molecular complexity index is 394. The summed E-state index contributed by atoms with van der Waals surface area (Å²) >= 11 is 5.87. The Morgan fingerprint density at radius 2 is 1.95 bits per heavy atom. The number of carbonyl (C=O) groups excluding carboxylic acids is 1. The van der Waals surface area contributed by atoms with Crippen LogP contribution in [-0.2, 0) is 14.3 Å². The molecule has 0 aliphatic heterocycles. The van der Waals surface area contributed by atoms with E-state index < -0.39 is 6.10 Å². The van der Waals surface area contributed by atoms with E-state index in [4.69, 9.17) is 21.1 Å². The van der Waals surface area contributed by atoms with Crippen molar-refractivity contribution in [1.82, 2.24) is 5.32 Å². The molecular formula is C14H20ClNO3. The summed E-state index contributed by atoms with van der Waals surface area (Å²) in [5.41, 5.74) is 0.998. The molecule has 0 saturated heterocycles. The van der Waals surface area contributed by atoms with E-state index >= 15 is 0 Å². The number of carbonyl (C=O) groups is 1. The van der Waals surface area contributed by atoms with E-state index in [2.05, 4.69) is 5.32 Å². The van der Waals surface area contributed by atoms with Gasteiger partial charge in [0.2, 0.25) is 5.91 Å². The zero-order chi connectivity index (χ0) is 14.3. The fourth-order valence-electron chi connectivity index (χ4n) is 1.65. The van der Waals surface area contributed by atoms with Crippen LogP contribution >= 0.6 is 11.6 Å². The smallest absolute Gasteiger partial charge is 0.249 e. The number of amides is 1. The van der Waals surface area contributed by atoms with Gasteiger partial charge in [0.1, 0.15) is 6.10 Å². The molecule has 0 aliphatic rings. The highest BCUT2D eigenvalue weighted by Gasteiger charge is 2.18. The van der Waals surface area contributed by atoms with Crippen LogP contribution in [0.5, 0.6) is 0 Å². The Morgan fingerprint density at radius 3 is 2.47 bits per heavy atom. The summed E-state index contributed by atoms with van der Waals surface area (Å²) in [5, 5.41) is 3.62. The molecule has 0 bridgehead atoms. The molecule has 106 valence electrons. The molecule has 0 fully saturated rings. The lowest BCUT2D eigenvalue weighted by atomic mass is 10.0. The van der Waals surface area contributed by atoms with E-state index in [1.54, 1.807) is 14.0 Å². The monoisotopic (exact) mass is 285 g/mol. The molecule has 1 amide bonds. The fraction of sp³-hybridized carbons (Fsp3) is 0.500. The van der Waals surface area contributed by atoms with E-state index in [-0.39, 0.29) is 11.9 Å². The summed E-state index contributed by atoms with van der Waals surface area (Å²) in [4.78, 5) is 11.9. The number of hydrogen-bond donors (Lipinski definition) is 1. The number of rotatable bonds is 7. The number of methoxy groups -OCH3 is 2. The van der Waals surface area contributed by atoms with E-state index in [1.165, 1.54) is 7.11 Å². The summed E-state index contributed by atoms with van der Waals surface area (Å²) in [5.74, 6) is -0.140. The number of nitrogens with one attached hydrogen (secondary N) is 1. The molecule has 0 radical (unpaired) electrons. The number of halogens is 1. The van der Waals surface area contributed by atoms with Gasteiger partial charge in [-0.05, 0) is 31.0 Å². The second kappa shape index (κ2) is 8.15. The average Bonchev–Trinajstić information content (AvgIpc) is 2.43. The molecule has 19 heavy (non-hydrogen) atoms. The Hall–Kier alpha value is -1.10. The zero-order valence-corrected chi connectivity index (χ0v) is 12.2. The molecule has 1 aromatic carbocycles. The van der Waals surface area contributed by atoms with Crippen LogP contribution < -0.4 is 5.32 Å². The van der Waals surface area contributed by atoms with Gasteiger partial charge in [0.05, 0.1) is 6.04 Å². The van der Waals surface area contributed by atoms with Crippen molar-refractivity contribution in [2.24, 2.45) is 0 Å². The van der Waals surface area contributed by atoms with Crippen LogP contribution in [0.3, 0.4) is 0 Å². The van der Waals surface area contributed by atoms with Gasteiger partial charge in [-0.3, -0.25) is 4.79 Å². The minimum absolute atomic E-state index is 0.109. The van der Waals surface area contributed by atoms with Crippen LogP contribution in [0.1, 0.15) is 24.9 Å². The highest BCUT2D eigenvalue weighted by atomic mass is 35.5. The zero-order valence-electron chi connectivity index (χ0n) is 11.5. The Balaban J connectivity index is 2.76. The van der Waals surface area contributed by atoms with E-state index in [9.17, 15) is 4.79 Å². The highest BCUT2D eigenvalue weighted by molar-refractivity contribution is 6.30. The minimum Gasteiger partial charge on any atom is -0.385 e. The van der Waals surface area contributed by atoms with Gasteiger partial charge >= 0.3 is 0 Å². The predicted molar refractivity (Wildman–Crippen MR) is 75.3 cm³/mol. The fourth-order valence-corrected chi connectivity index (χ4v) is 1.78. The van der Waals surface area contributed by atoms with Gasteiger partial charge in [-0.1, -0.05) is 23.7 Å². The number of hydrogen-bond acceptors (Lipinski definition) is 3. The number of benzene rings is 1. The first-order valence-corrected chi connectivity index (χ1v) is 6.53. The molecule has 0 aromatic heterocycles. The third-order valence-electron chi connectivity index (χ3n) is 2.92. The molecule has 0 heterocycles. The molecule has 2 atom stereocenters. The summed E-state index contributed by atoms with van der Waals surface area (Å²) < 4.78 is 10.1. The molecule has 4 nitrogen and oxygen atoms in total. The van der Waals surface area contributed by atoms with Gasteiger partial charge in [-0.25, -0.2) is 0 Å². The maximum atomic E-state index is 11.9. The van der Waals surface area contributed by atoms with E-state index in [0.717, 1.165) is 5.56 Å². The maximum absolute atomic E-state index is 11.9. The topological polar surface area (TPSA) is 47.6 Å². The normalized spacial score (nSPS) is 13.9. The maximum Gasteiger partial charge on any atom is 0.249 e. The van der Waals surface area contributed by atoms with Gasteiger partial charge < -0.3 is 14.8 Å². The van der Waals surface area contributed by atoms with Crippen molar-refractivity contribution in [2.75, 3.05) is 20.8 Å². The van der Waals surface area contributed by atoms with Crippen LogP contribution in [-0.4, -0.2) is 32.8 Å². The van der Waals surface area contributed by atoms with Crippen molar-refractivity contribution in [3.05, 3.63) is 34.9 Å². The second-order valence-electron chi connectivity index (χ2n) is 4.27. The lowest BCUT2D eigenvalue weighted by Crippen LogP contribution is -2.37. The third-order valence-corrected chi connectivity index (χ3v) is 3.17. The van der Waals surface area contributed by atoms with Gasteiger partial charge in [0, 0.05) is 25.8 Å². The first-order chi connectivity index (χ1) is 9.08. The second-order valence-corrected chi connectivity index (χ2v) is 4.71. The largest absolute Gasteiger partial charge is 0.385 e. The lowest BCUT2D eigenvalue weighted by Gasteiger charge is -2.21. The van der Waals surface area contributed by atoms with Gasteiger partial charge in [-0.15, -0.1) is 0 Å². The third kappa shape index (κ3) is 5.19. The molecule has 0 aliphatic carbocycles. The first kappa shape index (κ1) is 16.0. The number of ether oxygens (including phenoxy) is 2. The van der Waals surface area contributed by atoms with Crippen molar-refractivity contribution in [1.29, 1.82) is 0 Å². The summed E-state index contributed by atoms with van der Waals surface area (Å²) in [6, 6.07) is 7.31. The van der Waals surface area contributed by atoms with Crippen molar-refractivity contribution in [3.8, 4) is 0 Å². The van der Waals surface area contributed by atoms with Crippen molar-refractivity contribution < 1.29 is 14.3 Å². The summed E-state index contributed by atoms with van der Waals surface area (Å²) in [6.07, 6.45) is 0.220. The quantitative estimate of drug-likeness (QED) is 0.837. The molecule has 0 unspecified atom stereocenters. The molecule has 1 aromatic rings. The van der Waals surface area contributed by atoms with Gasteiger partial charge in [-0.2, -0.15) is 0 Å². The Morgan fingerprint density at radius 1 is 1.32 bits per heavy atom. The van der Waals surface area contributed by atoms with E-state index in [1.807, 2.05) is 24.3 Å². The Labute approximate surface area is 119 Å². The molecule has 5 heteroatoms. The molecule has 0 saturated carbocycles. The predicted octanol–water partition coefficient (Wildman–Crippen LogP) is 2.57. The van der Waals surface area contributed by atoms with Crippen LogP contribution in [0.25, 0.3) is 0 Å². The lowest BCUT2D eigenvalue weighted by molar-refractivity contribution is -0.131. The first-order valence-electron chi connectivity index (χ1n) is 6.16. The summed E-state index contributed by atoms with van der Waals surface area (Å²) in [7, 11) is 3.15. The Kier molecular flexibility index (Phi) is 6.84. The van der Waals surface area contributed by atoms with Crippen LogP contribution in [0.4, 0.5) is 0 Å². The van der Waals surface area contributed by atoms with Crippen molar-refractivity contribution in [2.45, 2.75) is 25.5 Å². The summed E-state index contributed by atoms with van der Waals surface area (Å²) in [6.45, 7) is 2.28. The SMILES string of the molecule is COCC[C@H](NC(=O)[C@@H](C)OC)c1ccc(Cl)cc1. The molecule has 1 rings (SSSR count). The molecular weight excluding hydrogens is 266 g/mol.